The Balaban J connectivity index is 2.20. The van der Waals surface area contributed by atoms with Crippen molar-refractivity contribution in [3.05, 3.63) is 10.6 Å². The van der Waals surface area contributed by atoms with Crippen LogP contribution in [0.1, 0.15) is 33.0 Å². The van der Waals surface area contributed by atoms with Gasteiger partial charge in [0.05, 0.1) is 5.69 Å². The van der Waals surface area contributed by atoms with E-state index in [9.17, 15) is 9.59 Å². The summed E-state index contributed by atoms with van der Waals surface area (Å²) in [7, 11) is 0. The Bertz CT molecular complexity index is 425. The maximum absolute atomic E-state index is 11.5. The number of nitrogens with zero attached hydrogens (tertiary/aromatic N) is 1. The van der Waals surface area contributed by atoms with E-state index >= 15 is 0 Å². The van der Waals surface area contributed by atoms with Crippen molar-refractivity contribution in [2.45, 2.75) is 18.9 Å². The number of carboxylic acids is 1. The van der Waals surface area contributed by atoms with Gasteiger partial charge in [-0.15, -0.1) is 0 Å². The fraction of sp³-hybridized carbons (Fsp3) is 0.375. The molecule has 0 radical (unpaired) electrons. The minimum atomic E-state index is -1.16. The Morgan fingerprint density at radius 3 is 2.67 bits per heavy atom. The molecule has 0 unspecified atom stereocenters. The molecule has 6 nitrogen and oxygen atoms in total. The first-order valence-electron chi connectivity index (χ1n) is 4.39. The summed E-state index contributed by atoms with van der Waals surface area (Å²) in [6.07, 6.45) is 1.92. The van der Waals surface area contributed by atoms with E-state index in [-0.39, 0.29) is 22.3 Å². The molecule has 1 saturated carbocycles. The number of aromatic carboxylic acids is 1. The van der Waals surface area contributed by atoms with Gasteiger partial charge in [-0.25, -0.2) is 4.79 Å². The molecule has 15 heavy (non-hydrogen) atoms. The van der Waals surface area contributed by atoms with Crippen LogP contribution in [0.25, 0.3) is 0 Å². The molecule has 0 saturated heterocycles. The lowest BCUT2D eigenvalue weighted by atomic mass is 10.3. The lowest BCUT2D eigenvalue weighted by molar-refractivity contribution is 0.0703. The van der Waals surface area contributed by atoms with Crippen molar-refractivity contribution >= 4 is 29.1 Å². The smallest absolute Gasteiger partial charge is 0.349 e. The van der Waals surface area contributed by atoms with Crippen molar-refractivity contribution in [2.75, 3.05) is 5.73 Å². The summed E-state index contributed by atoms with van der Waals surface area (Å²) in [5.41, 5.74) is 5.48. The normalized spacial score (nSPS) is 14.9. The van der Waals surface area contributed by atoms with E-state index in [2.05, 4.69) is 9.69 Å². The summed E-state index contributed by atoms with van der Waals surface area (Å²) in [5.74, 6) is -1.55. The topological polar surface area (TPSA) is 105 Å². The first-order chi connectivity index (χ1) is 7.09. The Morgan fingerprint density at radius 1 is 1.53 bits per heavy atom. The average molecular weight is 227 g/mol. The van der Waals surface area contributed by atoms with Crippen molar-refractivity contribution < 1.29 is 14.7 Å². The molecule has 0 aliphatic heterocycles. The Morgan fingerprint density at radius 2 is 2.20 bits per heavy atom. The SMILES string of the molecule is Nc1c(C(=O)NC2CC2)nsc1C(=O)O. The molecule has 4 N–H and O–H groups in total. The molecule has 1 amide bonds. The monoisotopic (exact) mass is 227 g/mol. The van der Waals surface area contributed by atoms with Crippen LogP contribution in [0.15, 0.2) is 0 Å². The number of nitrogens with two attached hydrogens (primary N) is 1. The lowest BCUT2D eigenvalue weighted by Crippen LogP contribution is -2.26. The minimum absolute atomic E-state index is 0.0179. The van der Waals surface area contributed by atoms with Crippen LogP contribution in [0.5, 0.6) is 0 Å². The second-order valence-corrected chi connectivity index (χ2v) is 4.10. The van der Waals surface area contributed by atoms with Gasteiger partial charge in [-0.05, 0) is 24.4 Å². The highest BCUT2D eigenvalue weighted by atomic mass is 32.1. The van der Waals surface area contributed by atoms with Gasteiger partial charge in [0.1, 0.15) is 0 Å². The number of hydrogen-bond acceptors (Lipinski definition) is 5. The number of hydrogen-bond donors (Lipinski definition) is 3. The van der Waals surface area contributed by atoms with Crippen LogP contribution in [-0.2, 0) is 0 Å². The molecule has 1 aromatic rings. The third kappa shape index (κ3) is 1.91. The van der Waals surface area contributed by atoms with E-state index in [0.717, 1.165) is 24.4 Å². The molecular formula is C8H9N3O3S. The third-order valence-electron chi connectivity index (χ3n) is 2.05. The van der Waals surface area contributed by atoms with Gasteiger partial charge in [0, 0.05) is 6.04 Å². The van der Waals surface area contributed by atoms with E-state index in [0.29, 0.717) is 0 Å². The van der Waals surface area contributed by atoms with Crippen LogP contribution in [0, 0.1) is 0 Å². The number of carboxylic acid groups (broad SMARTS) is 1. The lowest BCUT2D eigenvalue weighted by Gasteiger charge is -2.00. The molecule has 1 fully saturated rings. The van der Waals surface area contributed by atoms with Gasteiger partial charge in [-0.3, -0.25) is 4.79 Å². The van der Waals surface area contributed by atoms with E-state index in [1.165, 1.54) is 0 Å². The zero-order chi connectivity index (χ0) is 11.0. The molecule has 1 aliphatic rings. The van der Waals surface area contributed by atoms with Crippen molar-refractivity contribution in [1.82, 2.24) is 9.69 Å². The van der Waals surface area contributed by atoms with Crippen LogP contribution >= 0.6 is 11.5 Å². The molecule has 1 heterocycles. The maximum atomic E-state index is 11.5. The molecule has 1 aromatic heterocycles. The second-order valence-electron chi connectivity index (χ2n) is 3.33. The molecule has 2 rings (SSSR count). The predicted octanol–water partition coefficient (Wildman–Crippen LogP) is 0.316. The Hall–Kier alpha value is -1.63. The van der Waals surface area contributed by atoms with Crippen LogP contribution in [0.2, 0.25) is 0 Å². The number of anilines is 1. The molecule has 7 heteroatoms. The maximum Gasteiger partial charge on any atom is 0.349 e. The molecule has 1 aliphatic carbocycles. The van der Waals surface area contributed by atoms with Crippen LogP contribution in [0.4, 0.5) is 5.69 Å². The van der Waals surface area contributed by atoms with Gasteiger partial charge >= 0.3 is 5.97 Å². The number of carbonyl (C=O) groups is 2. The zero-order valence-corrected chi connectivity index (χ0v) is 8.50. The fourth-order valence-corrected chi connectivity index (χ4v) is 1.73. The van der Waals surface area contributed by atoms with Crippen molar-refractivity contribution in [3.63, 3.8) is 0 Å². The van der Waals surface area contributed by atoms with Crippen LogP contribution < -0.4 is 11.1 Å². The largest absolute Gasteiger partial charge is 0.477 e. The number of amides is 1. The summed E-state index contributed by atoms with van der Waals surface area (Å²) in [6, 6.07) is 0.201. The number of rotatable bonds is 3. The summed E-state index contributed by atoms with van der Waals surface area (Å²) < 4.78 is 3.74. The van der Waals surface area contributed by atoms with Gasteiger partial charge in [-0.1, -0.05) is 0 Å². The summed E-state index contributed by atoms with van der Waals surface area (Å²) in [4.78, 5) is 22.1. The Kier molecular flexibility index (Phi) is 2.31. The third-order valence-corrected chi connectivity index (χ3v) is 2.90. The molecule has 0 aromatic carbocycles. The highest BCUT2D eigenvalue weighted by molar-refractivity contribution is 7.08. The van der Waals surface area contributed by atoms with Crippen molar-refractivity contribution in [3.8, 4) is 0 Å². The predicted molar refractivity (Wildman–Crippen MR) is 54.0 cm³/mol. The molecule has 0 spiro atoms. The van der Waals surface area contributed by atoms with Crippen molar-refractivity contribution in [1.29, 1.82) is 0 Å². The first-order valence-corrected chi connectivity index (χ1v) is 5.16. The van der Waals surface area contributed by atoms with Gasteiger partial charge in [-0.2, -0.15) is 4.37 Å². The zero-order valence-electron chi connectivity index (χ0n) is 7.69. The second kappa shape index (κ2) is 3.50. The highest BCUT2D eigenvalue weighted by Crippen LogP contribution is 2.24. The first kappa shape index (κ1) is 9.91. The molecule has 80 valence electrons. The standard InChI is InChI=1S/C8H9N3O3S/c9-4-5(7(12)10-3-1-2-3)11-15-6(4)8(13)14/h3H,1-2,9H2,(H,10,12)(H,13,14). The quantitative estimate of drug-likeness (QED) is 0.689. The highest BCUT2D eigenvalue weighted by Gasteiger charge is 2.27. The summed E-state index contributed by atoms with van der Waals surface area (Å²) in [5, 5.41) is 11.4. The molecule has 0 atom stereocenters. The number of carbonyl (C=O) groups excluding carboxylic acids is 1. The summed E-state index contributed by atoms with van der Waals surface area (Å²) >= 11 is 0.725. The Labute approximate surface area is 89.3 Å². The number of aromatic nitrogens is 1. The van der Waals surface area contributed by atoms with Crippen molar-refractivity contribution in [2.24, 2.45) is 0 Å². The minimum Gasteiger partial charge on any atom is -0.477 e. The molecule has 0 bridgehead atoms. The number of nitrogen functional groups attached to an aromatic ring is 1. The van der Waals surface area contributed by atoms with Gasteiger partial charge in [0.2, 0.25) is 0 Å². The summed E-state index contributed by atoms with van der Waals surface area (Å²) in [6.45, 7) is 0. The number of nitrogens with one attached hydrogen (secondary N) is 1. The van der Waals surface area contributed by atoms with E-state index in [1.807, 2.05) is 0 Å². The van der Waals surface area contributed by atoms with Crippen LogP contribution in [-0.4, -0.2) is 27.4 Å². The van der Waals surface area contributed by atoms with E-state index in [4.69, 9.17) is 10.8 Å². The van der Waals surface area contributed by atoms with Gasteiger partial charge in [0.25, 0.3) is 5.91 Å². The fourth-order valence-electron chi connectivity index (χ4n) is 1.10. The van der Waals surface area contributed by atoms with Gasteiger partial charge < -0.3 is 16.2 Å². The van der Waals surface area contributed by atoms with Crippen LogP contribution in [0.3, 0.4) is 0 Å². The molecular weight excluding hydrogens is 218 g/mol. The van der Waals surface area contributed by atoms with Gasteiger partial charge in [0.15, 0.2) is 10.6 Å². The average Bonchev–Trinajstić information content (AvgIpc) is 2.86. The van der Waals surface area contributed by atoms with E-state index in [1.54, 1.807) is 0 Å². The van der Waals surface area contributed by atoms with E-state index < -0.39 is 11.9 Å².